The molecule has 0 saturated heterocycles. The SMILES string of the molecule is N#Cc1c(NC(=S)NC(=O)c2cc(Cl)cc(Cl)c2)sc2c1CCC2. The number of aryl methyl sites for hydroxylation is 1. The quantitative estimate of drug-likeness (QED) is 0.732. The molecule has 4 nitrogen and oxygen atoms in total. The van der Waals surface area contributed by atoms with Gasteiger partial charge in [0, 0.05) is 20.5 Å². The van der Waals surface area contributed by atoms with Crippen molar-refractivity contribution in [2.24, 2.45) is 0 Å². The Morgan fingerprint density at radius 2 is 1.96 bits per heavy atom. The standard InChI is InChI=1S/C16H11Cl2N3OS2/c17-9-4-8(5-10(18)6-9)14(22)20-16(23)21-15-12(7-19)11-2-1-3-13(11)24-15/h4-6H,1-3H2,(H2,20,21,22,23). The Labute approximate surface area is 158 Å². The molecule has 1 heterocycles. The van der Waals surface area contributed by atoms with Crippen LogP contribution in [0.25, 0.3) is 0 Å². The molecule has 0 radical (unpaired) electrons. The summed E-state index contributed by atoms with van der Waals surface area (Å²) in [5.41, 5.74) is 2.03. The van der Waals surface area contributed by atoms with Crippen LogP contribution in [-0.2, 0) is 12.8 Å². The molecular formula is C16H11Cl2N3OS2. The number of nitrogens with one attached hydrogen (secondary N) is 2. The second kappa shape index (κ2) is 7.08. The van der Waals surface area contributed by atoms with Crippen molar-refractivity contribution < 1.29 is 4.79 Å². The summed E-state index contributed by atoms with van der Waals surface area (Å²) in [6, 6.07) is 6.78. The molecule has 0 saturated carbocycles. The molecule has 2 aromatic rings. The number of anilines is 1. The largest absolute Gasteiger partial charge is 0.323 e. The van der Waals surface area contributed by atoms with E-state index in [1.165, 1.54) is 28.3 Å². The summed E-state index contributed by atoms with van der Waals surface area (Å²) in [6.07, 6.45) is 2.97. The Kier molecular flexibility index (Phi) is 5.07. The zero-order valence-electron chi connectivity index (χ0n) is 12.3. The fraction of sp³-hybridized carbons (Fsp3) is 0.188. The van der Waals surface area contributed by atoms with Crippen LogP contribution in [0.1, 0.15) is 32.8 Å². The van der Waals surface area contributed by atoms with E-state index in [9.17, 15) is 10.1 Å². The number of fused-ring (bicyclic) bond motifs is 1. The minimum atomic E-state index is -0.417. The van der Waals surface area contributed by atoms with Gasteiger partial charge < -0.3 is 5.32 Å². The zero-order chi connectivity index (χ0) is 17.3. The lowest BCUT2D eigenvalue weighted by Crippen LogP contribution is -2.34. The summed E-state index contributed by atoms with van der Waals surface area (Å²) in [7, 11) is 0. The average molecular weight is 396 g/mol. The van der Waals surface area contributed by atoms with Crippen LogP contribution >= 0.6 is 46.8 Å². The fourth-order valence-corrected chi connectivity index (χ4v) is 4.63. The van der Waals surface area contributed by atoms with E-state index in [4.69, 9.17) is 35.4 Å². The molecule has 1 aliphatic carbocycles. The Bertz CT molecular complexity index is 866. The van der Waals surface area contributed by atoms with Crippen LogP contribution in [0.4, 0.5) is 5.00 Å². The Hall–Kier alpha value is -1.65. The van der Waals surface area contributed by atoms with Crippen LogP contribution < -0.4 is 10.6 Å². The number of thiophene rings is 1. The first-order valence-corrected chi connectivity index (χ1v) is 9.09. The molecule has 0 unspecified atom stereocenters. The van der Waals surface area contributed by atoms with Gasteiger partial charge >= 0.3 is 0 Å². The van der Waals surface area contributed by atoms with Gasteiger partial charge in [-0.3, -0.25) is 10.1 Å². The summed E-state index contributed by atoms with van der Waals surface area (Å²) >= 11 is 18.5. The van der Waals surface area contributed by atoms with Gasteiger partial charge in [0.25, 0.3) is 5.91 Å². The number of halogens is 2. The molecule has 1 aromatic carbocycles. The predicted octanol–water partition coefficient (Wildman–Crippen LogP) is 4.54. The minimum absolute atomic E-state index is 0.132. The topological polar surface area (TPSA) is 64.9 Å². The van der Waals surface area contributed by atoms with Gasteiger partial charge in [-0.15, -0.1) is 11.3 Å². The number of carbonyl (C=O) groups is 1. The summed E-state index contributed by atoms with van der Waals surface area (Å²) in [5.74, 6) is -0.417. The van der Waals surface area contributed by atoms with Gasteiger partial charge in [-0.05, 0) is 55.2 Å². The lowest BCUT2D eigenvalue weighted by Gasteiger charge is -2.09. The summed E-state index contributed by atoms with van der Waals surface area (Å²) in [4.78, 5) is 13.4. The van der Waals surface area contributed by atoms with Crippen molar-refractivity contribution in [1.29, 1.82) is 5.26 Å². The highest BCUT2D eigenvalue weighted by molar-refractivity contribution is 7.80. The molecule has 24 heavy (non-hydrogen) atoms. The predicted molar refractivity (Wildman–Crippen MR) is 101 cm³/mol. The van der Waals surface area contributed by atoms with Crippen LogP contribution in [0.2, 0.25) is 10.0 Å². The minimum Gasteiger partial charge on any atom is -0.323 e. The first-order chi connectivity index (χ1) is 11.5. The maximum Gasteiger partial charge on any atom is 0.257 e. The first-order valence-electron chi connectivity index (χ1n) is 7.11. The number of rotatable bonds is 2. The Morgan fingerprint density at radius 1 is 1.25 bits per heavy atom. The van der Waals surface area contributed by atoms with E-state index in [1.807, 2.05) is 0 Å². The van der Waals surface area contributed by atoms with Crippen molar-refractivity contribution in [3.63, 3.8) is 0 Å². The van der Waals surface area contributed by atoms with Gasteiger partial charge in [0.05, 0.1) is 5.56 Å². The normalized spacial score (nSPS) is 12.4. The highest BCUT2D eigenvalue weighted by Crippen LogP contribution is 2.38. The number of thiocarbonyl (C=S) groups is 1. The van der Waals surface area contributed by atoms with Gasteiger partial charge in [0.1, 0.15) is 11.1 Å². The summed E-state index contributed by atoms with van der Waals surface area (Å²) in [6.45, 7) is 0. The molecule has 0 aliphatic heterocycles. The fourth-order valence-electron chi connectivity index (χ4n) is 2.61. The molecule has 1 aliphatic rings. The third-order valence-corrected chi connectivity index (χ3v) is 5.46. The highest BCUT2D eigenvalue weighted by Gasteiger charge is 2.22. The van der Waals surface area contributed by atoms with Gasteiger partial charge in [-0.1, -0.05) is 23.2 Å². The monoisotopic (exact) mass is 395 g/mol. The van der Waals surface area contributed by atoms with Crippen LogP contribution in [0.15, 0.2) is 18.2 Å². The van der Waals surface area contributed by atoms with Crippen molar-refractivity contribution in [3.05, 3.63) is 49.8 Å². The van der Waals surface area contributed by atoms with E-state index in [2.05, 4.69) is 16.7 Å². The zero-order valence-corrected chi connectivity index (χ0v) is 15.4. The van der Waals surface area contributed by atoms with E-state index in [1.54, 1.807) is 6.07 Å². The number of amides is 1. The molecule has 0 spiro atoms. The lowest BCUT2D eigenvalue weighted by atomic mass is 10.1. The Morgan fingerprint density at radius 3 is 2.62 bits per heavy atom. The van der Waals surface area contributed by atoms with Crippen LogP contribution in [0, 0.1) is 11.3 Å². The van der Waals surface area contributed by atoms with Crippen LogP contribution in [-0.4, -0.2) is 11.0 Å². The van der Waals surface area contributed by atoms with E-state index in [0.717, 1.165) is 24.8 Å². The molecule has 0 bridgehead atoms. The third kappa shape index (κ3) is 3.55. The second-order valence-electron chi connectivity index (χ2n) is 5.24. The van der Waals surface area contributed by atoms with Crippen molar-refractivity contribution in [1.82, 2.24) is 5.32 Å². The molecule has 1 aromatic heterocycles. The molecule has 0 atom stereocenters. The van der Waals surface area contributed by atoms with Crippen molar-refractivity contribution in [2.45, 2.75) is 19.3 Å². The third-order valence-electron chi connectivity index (χ3n) is 3.61. The molecule has 122 valence electrons. The first kappa shape index (κ1) is 17.2. The molecule has 0 fully saturated rings. The van der Waals surface area contributed by atoms with E-state index < -0.39 is 5.91 Å². The molecule has 2 N–H and O–H groups in total. The number of hydrogen-bond acceptors (Lipinski definition) is 4. The number of nitrogens with zero attached hydrogens (tertiary/aromatic N) is 1. The van der Waals surface area contributed by atoms with Crippen LogP contribution in [0.5, 0.6) is 0 Å². The lowest BCUT2D eigenvalue weighted by molar-refractivity contribution is 0.0977. The maximum absolute atomic E-state index is 12.2. The van der Waals surface area contributed by atoms with E-state index >= 15 is 0 Å². The molecule has 1 amide bonds. The van der Waals surface area contributed by atoms with Gasteiger partial charge in [-0.25, -0.2) is 0 Å². The van der Waals surface area contributed by atoms with E-state index in [0.29, 0.717) is 26.2 Å². The van der Waals surface area contributed by atoms with Crippen LogP contribution in [0.3, 0.4) is 0 Å². The second-order valence-corrected chi connectivity index (χ2v) is 7.63. The number of carbonyl (C=O) groups excluding carboxylic acids is 1. The number of nitriles is 1. The summed E-state index contributed by atoms with van der Waals surface area (Å²) in [5, 5.41) is 16.4. The van der Waals surface area contributed by atoms with Gasteiger partial charge in [0.2, 0.25) is 0 Å². The summed E-state index contributed by atoms with van der Waals surface area (Å²) < 4.78 is 0. The number of benzene rings is 1. The van der Waals surface area contributed by atoms with E-state index in [-0.39, 0.29) is 5.11 Å². The molecule has 3 rings (SSSR count). The number of hydrogen-bond donors (Lipinski definition) is 2. The smallest absolute Gasteiger partial charge is 0.257 e. The van der Waals surface area contributed by atoms with Crippen molar-refractivity contribution in [3.8, 4) is 6.07 Å². The maximum atomic E-state index is 12.2. The van der Waals surface area contributed by atoms with Crippen molar-refractivity contribution >= 4 is 62.8 Å². The molecule has 8 heteroatoms. The molecular weight excluding hydrogens is 385 g/mol. The average Bonchev–Trinajstić information content (AvgIpc) is 3.06. The van der Waals surface area contributed by atoms with Crippen molar-refractivity contribution in [2.75, 3.05) is 5.32 Å². The Balaban J connectivity index is 1.72. The van der Waals surface area contributed by atoms with Gasteiger partial charge in [-0.2, -0.15) is 5.26 Å². The van der Waals surface area contributed by atoms with Gasteiger partial charge in [0.15, 0.2) is 5.11 Å². The highest BCUT2D eigenvalue weighted by atomic mass is 35.5.